The van der Waals surface area contributed by atoms with Gasteiger partial charge < -0.3 is 16.4 Å². The smallest absolute Gasteiger partial charge is 0.239 e. The molecule has 1 atom stereocenters. The molecule has 2 rings (SSSR count). The molecular formula is C15H25Cl2N3O. The van der Waals surface area contributed by atoms with Crippen LogP contribution >= 0.6 is 24.8 Å². The first-order chi connectivity index (χ1) is 9.08. The molecule has 1 amide bonds. The number of anilines is 1. The molecule has 0 aliphatic heterocycles. The Morgan fingerprint density at radius 2 is 1.86 bits per heavy atom. The third-order valence-corrected chi connectivity index (χ3v) is 3.67. The van der Waals surface area contributed by atoms with Gasteiger partial charge in [-0.05, 0) is 43.7 Å². The maximum atomic E-state index is 11.8. The third-order valence-electron chi connectivity index (χ3n) is 3.67. The van der Waals surface area contributed by atoms with Crippen LogP contribution in [0.15, 0.2) is 18.2 Å². The largest absolute Gasteiger partial charge is 0.376 e. The number of hydrogen-bond donors (Lipinski definition) is 3. The van der Waals surface area contributed by atoms with Crippen molar-refractivity contribution in [3.63, 3.8) is 0 Å². The number of aryl methyl sites for hydroxylation is 2. The monoisotopic (exact) mass is 333 g/mol. The summed E-state index contributed by atoms with van der Waals surface area (Å²) < 4.78 is 0. The lowest BCUT2D eigenvalue weighted by atomic mass is 10.1. The molecule has 21 heavy (non-hydrogen) atoms. The predicted molar refractivity (Wildman–Crippen MR) is 92.6 cm³/mol. The van der Waals surface area contributed by atoms with Gasteiger partial charge in [-0.2, -0.15) is 0 Å². The molecule has 0 spiro atoms. The Bertz CT molecular complexity index is 444. The van der Waals surface area contributed by atoms with Gasteiger partial charge in [0.05, 0.1) is 6.54 Å². The van der Waals surface area contributed by atoms with E-state index in [1.54, 1.807) is 0 Å². The van der Waals surface area contributed by atoms with E-state index in [0.29, 0.717) is 19.0 Å². The lowest BCUT2D eigenvalue weighted by Gasteiger charge is -2.14. The highest BCUT2D eigenvalue weighted by molar-refractivity contribution is 5.85. The van der Waals surface area contributed by atoms with Crippen molar-refractivity contribution in [3.05, 3.63) is 29.3 Å². The SMILES string of the molecule is Cc1cccc(C)c1NCC(=O)NCC(N)C1CC1.Cl.Cl. The van der Waals surface area contributed by atoms with Gasteiger partial charge in [-0.3, -0.25) is 4.79 Å². The summed E-state index contributed by atoms with van der Waals surface area (Å²) in [7, 11) is 0. The van der Waals surface area contributed by atoms with Crippen LogP contribution in [0.1, 0.15) is 24.0 Å². The lowest BCUT2D eigenvalue weighted by Crippen LogP contribution is -2.40. The second-order valence-electron chi connectivity index (χ2n) is 5.43. The molecule has 0 aromatic heterocycles. The number of para-hydroxylation sites is 1. The molecule has 1 aliphatic rings. The van der Waals surface area contributed by atoms with Crippen molar-refractivity contribution >= 4 is 36.4 Å². The maximum absolute atomic E-state index is 11.8. The zero-order chi connectivity index (χ0) is 13.8. The van der Waals surface area contributed by atoms with E-state index in [1.165, 1.54) is 12.8 Å². The Morgan fingerprint density at radius 1 is 1.29 bits per heavy atom. The van der Waals surface area contributed by atoms with E-state index < -0.39 is 0 Å². The van der Waals surface area contributed by atoms with Gasteiger partial charge >= 0.3 is 0 Å². The number of rotatable bonds is 6. The molecule has 0 heterocycles. The van der Waals surface area contributed by atoms with Gasteiger partial charge in [0.25, 0.3) is 0 Å². The molecule has 0 radical (unpaired) electrons. The third kappa shape index (κ3) is 6.12. The van der Waals surface area contributed by atoms with Gasteiger partial charge in [0.15, 0.2) is 0 Å². The zero-order valence-electron chi connectivity index (χ0n) is 12.5. The standard InChI is InChI=1S/C15H23N3O.2ClH/c1-10-4-3-5-11(2)15(10)18-9-14(19)17-8-13(16)12-6-7-12;;/h3-5,12-13,18H,6-9,16H2,1-2H3,(H,17,19);2*1H. The molecule has 6 heteroatoms. The summed E-state index contributed by atoms with van der Waals surface area (Å²) in [6, 6.07) is 6.21. The zero-order valence-corrected chi connectivity index (χ0v) is 14.2. The average Bonchev–Trinajstić information content (AvgIpc) is 3.19. The summed E-state index contributed by atoms with van der Waals surface area (Å²) in [5, 5.41) is 6.08. The Labute approximate surface area is 139 Å². The first-order valence-electron chi connectivity index (χ1n) is 6.90. The fraction of sp³-hybridized carbons (Fsp3) is 0.533. The Hall–Kier alpha value is -0.970. The fourth-order valence-electron chi connectivity index (χ4n) is 2.25. The molecule has 1 aromatic rings. The molecule has 0 saturated heterocycles. The number of carbonyl (C=O) groups excluding carboxylic acids is 1. The Balaban J connectivity index is 0.00000200. The highest BCUT2D eigenvalue weighted by Crippen LogP contribution is 2.31. The highest BCUT2D eigenvalue weighted by atomic mass is 35.5. The molecule has 4 N–H and O–H groups in total. The number of hydrogen-bond acceptors (Lipinski definition) is 3. The number of amides is 1. The van der Waals surface area contributed by atoms with Gasteiger partial charge in [-0.25, -0.2) is 0 Å². The van der Waals surface area contributed by atoms with Crippen LogP contribution < -0.4 is 16.4 Å². The first-order valence-corrected chi connectivity index (χ1v) is 6.90. The van der Waals surface area contributed by atoms with E-state index >= 15 is 0 Å². The van der Waals surface area contributed by atoms with Crippen LogP contribution in [0.3, 0.4) is 0 Å². The van der Waals surface area contributed by atoms with E-state index in [1.807, 2.05) is 32.0 Å². The van der Waals surface area contributed by atoms with Crippen LogP contribution in [0.25, 0.3) is 0 Å². The average molecular weight is 334 g/mol. The van der Waals surface area contributed by atoms with E-state index in [9.17, 15) is 4.79 Å². The van der Waals surface area contributed by atoms with Gasteiger partial charge in [0, 0.05) is 18.3 Å². The first kappa shape index (κ1) is 20.0. The quantitative estimate of drug-likeness (QED) is 0.748. The molecule has 1 saturated carbocycles. The summed E-state index contributed by atoms with van der Waals surface area (Å²) in [5.74, 6) is 0.616. The number of halogens is 2. The number of nitrogens with two attached hydrogens (primary N) is 1. The van der Waals surface area contributed by atoms with Crippen LogP contribution in [-0.2, 0) is 4.79 Å². The van der Waals surface area contributed by atoms with E-state index in [2.05, 4.69) is 10.6 Å². The van der Waals surface area contributed by atoms with Crippen LogP contribution in [0.5, 0.6) is 0 Å². The minimum Gasteiger partial charge on any atom is -0.376 e. The molecule has 1 aliphatic carbocycles. The van der Waals surface area contributed by atoms with E-state index in [0.717, 1.165) is 16.8 Å². The van der Waals surface area contributed by atoms with Gasteiger partial charge in [-0.1, -0.05) is 18.2 Å². The maximum Gasteiger partial charge on any atom is 0.239 e. The van der Waals surface area contributed by atoms with Crippen LogP contribution in [0.2, 0.25) is 0 Å². The number of carbonyl (C=O) groups is 1. The minimum absolute atomic E-state index is 0. The summed E-state index contributed by atoms with van der Waals surface area (Å²) >= 11 is 0. The van der Waals surface area contributed by atoms with E-state index in [-0.39, 0.29) is 36.8 Å². The van der Waals surface area contributed by atoms with Crippen molar-refractivity contribution in [2.24, 2.45) is 11.7 Å². The normalized spacial score (nSPS) is 14.4. The molecule has 1 unspecified atom stereocenters. The van der Waals surface area contributed by atoms with Crippen molar-refractivity contribution in [1.29, 1.82) is 0 Å². The lowest BCUT2D eigenvalue weighted by molar-refractivity contribution is -0.119. The van der Waals surface area contributed by atoms with Gasteiger partial charge in [0.1, 0.15) is 0 Å². The summed E-state index contributed by atoms with van der Waals surface area (Å²) in [6.07, 6.45) is 2.41. The Morgan fingerprint density at radius 3 is 2.38 bits per heavy atom. The second-order valence-corrected chi connectivity index (χ2v) is 5.43. The molecule has 1 aromatic carbocycles. The van der Waals surface area contributed by atoms with Crippen molar-refractivity contribution < 1.29 is 4.79 Å². The molecular weight excluding hydrogens is 309 g/mol. The van der Waals surface area contributed by atoms with Crippen molar-refractivity contribution in [2.45, 2.75) is 32.7 Å². The molecule has 0 bridgehead atoms. The minimum atomic E-state index is -0.00115. The summed E-state index contributed by atoms with van der Waals surface area (Å²) in [5.41, 5.74) is 9.30. The van der Waals surface area contributed by atoms with E-state index in [4.69, 9.17) is 5.73 Å². The highest BCUT2D eigenvalue weighted by Gasteiger charge is 2.28. The molecule has 1 fully saturated rings. The predicted octanol–water partition coefficient (Wildman–Crippen LogP) is 2.41. The van der Waals surface area contributed by atoms with Crippen LogP contribution in [-0.4, -0.2) is 25.0 Å². The fourth-order valence-corrected chi connectivity index (χ4v) is 2.25. The molecule has 4 nitrogen and oxygen atoms in total. The topological polar surface area (TPSA) is 67.2 Å². The molecule has 120 valence electrons. The second kappa shape index (κ2) is 9.13. The number of benzene rings is 1. The van der Waals surface area contributed by atoms with Crippen LogP contribution in [0.4, 0.5) is 5.69 Å². The van der Waals surface area contributed by atoms with Gasteiger partial charge in [0.2, 0.25) is 5.91 Å². The van der Waals surface area contributed by atoms with Gasteiger partial charge in [-0.15, -0.1) is 24.8 Å². The van der Waals surface area contributed by atoms with Crippen LogP contribution in [0, 0.1) is 19.8 Å². The van der Waals surface area contributed by atoms with Crippen molar-refractivity contribution in [1.82, 2.24) is 5.32 Å². The van der Waals surface area contributed by atoms with Crippen molar-refractivity contribution in [2.75, 3.05) is 18.4 Å². The summed E-state index contributed by atoms with van der Waals surface area (Å²) in [6.45, 7) is 4.95. The summed E-state index contributed by atoms with van der Waals surface area (Å²) in [4.78, 5) is 11.8. The van der Waals surface area contributed by atoms with Crippen molar-refractivity contribution in [3.8, 4) is 0 Å². The number of nitrogens with one attached hydrogen (secondary N) is 2. The Kier molecular flexibility index (Phi) is 8.71.